The van der Waals surface area contributed by atoms with Crippen molar-refractivity contribution in [1.29, 1.82) is 0 Å². The van der Waals surface area contributed by atoms with Gasteiger partial charge in [-0.3, -0.25) is 0 Å². The number of hydrogen-bond donors (Lipinski definition) is 1. The summed E-state index contributed by atoms with van der Waals surface area (Å²) in [6, 6.07) is 5.47. The zero-order chi connectivity index (χ0) is 16.0. The summed E-state index contributed by atoms with van der Waals surface area (Å²) in [7, 11) is -3.47. The van der Waals surface area contributed by atoms with Crippen LogP contribution >= 0.6 is 0 Å². The van der Waals surface area contributed by atoms with Gasteiger partial charge in [-0.25, -0.2) is 8.42 Å². The summed E-state index contributed by atoms with van der Waals surface area (Å²) in [5, 5.41) is 10.3. The van der Waals surface area contributed by atoms with Gasteiger partial charge in [0.2, 0.25) is 10.0 Å². The normalized spacial score (nSPS) is 30.0. The molecule has 1 saturated carbocycles. The molecule has 1 aliphatic heterocycles. The highest BCUT2D eigenvalue weighted by molar-refractivity contribution is 7.89. The summed E-state index contributed by atoms with van der Waals surface area (Å²) >= 11 is 0. The Labute approximate surface area is 133 Å². The fourth-order valence-electron chi connectivity index (χ4n) is 4.15. The SMILES string of the molecule is Cc1cc(C)cc(S(=O)(=O)N2CCC[C@]3(CCC[C@H]3O)C2)c1. The Kier molecular flexibility index (Phi) is 4.08. The molecule has 2 aliphatic rings. The number of aryl methyl sites for hydroxylation is 2. The van der Waals surface area contributed by atoms with Crippen molar-refractivity contribution in [2.24, 2.45) is 5.41 Å². The highest BCUT2D eigenvalue weighted by Crippen LogP contribution is 2.46. The van der Waals surface area contributed by atoms with E-state index >= 15 is 0 Å². The number of sulfonamides is 1. The van der Waals surface area contributed by atoms with Crippen LogP contribution in [0.5, 0.6) is 0 Å². The summed E-state index contributed by atoms with van der Waals surface area (Å²) in [6.07, 6.45) is 4.15. The Balaban J connectivity index is 1.92. The van der Waals surface area contributed by atoms with E-state index in [1.54, 1.807) is 16.4 Å². The Hall–Kier alpha value is -0.910. The lowest BCUT2D eigenvalue weighted by atomic mass is 9.77. The van der Waals surface area contributed by atoms with E-state index in [0.717, 1.165) is 43.2 Å². The summed E-state index contributed by atoms with van der Waals surface area (Å²) in [5.74, 6) is 0. The van der Waals surface area contributed by atoms with Crippen LogP contribution in [-0.2, 0) is 10.0 Å². The molecule has 22 heavy (non-hydrogen) atoms. The molecule has 1 heterocycles. The van der Waals surface area contributed by atoms with Crippen molar-refractivity contribution in [1.82, 2.24) is 4.31 Å². The molecule has 5 heteroatoms. The van der Waals surface area contributed by atoms with Gasteiger partial charge < -0.3 is 5.11 Å². The number of rotatable bonds is 2. The molecule has 0 radical (unpaired) electrons. The van der Waals surface area contributed by atoms with Crippen molar-refractivity contribution in [3.63, 3.8) is 0 Å². The smallest absolute Gasteiger partial charge is 0.243 e. The molecule has 1 aliphatic carbocycles. The first kappa shape index (κ1) is 16.0. The fourth-order valence-corrected chi connectivity index (χ4v) is 5.91. The van der Waals surface area contributed by atoms with Crippen molar-refractivity contribution in [2.75, 3.05) is 13.1 Å². The molecule has 1 aromatic rings. The molecule has 1 spiro atoms. The minimum atomic E-state index is -3.47. The van der Waals surface area contributed by atoms with Crippen molar-refractivity contribution in [2.45, 2.75) is 57.0 Å². The molecule has 2 fully saturated rings. The maximum absolute atomic E-state index is 13.0. The molecule has 4 nitrogen and oxygen atoms in total. The van der Waals surface area contributed by atoms with E-state index in [0.29, 0.717) is 18.0 Å². The largest absolute Gasteiger partial charge is 0.392 e. The molecule has 0 amide bonds. The molecule has 122 valence electrons. The van der Waals surface area contributed by atoms with Gasteiger partial charge >= 0.3 is 0 Å². The number of hydrogen-bond acceptors (Lipinski definition) is 3. The topological polar surface area (TPSA) is 57.6 Å². The quantitative estimate of drug-likeness (QED) is 0.910. The first-order chi connectivity index (χ1) is 10.3. The minimum Gasteiger partial charge on any atom is -0.392 e. The second-order valence-corrected chi connectivity index (χ2v) is 8.97. The molecule has 1 aromatic carbocycles. The summed E-state index contributed by atoms with van der Waals surface area (Å²) in [6.45, 7) is 4.86. The average molecular weight is 323 g/mol. The molecule has 1 N–H and O–H groups in total. The maximum Gasteiger partial charge on any atom is 0.243 e. The number of nitrogens with zero attached hydrogens (tertiary/aromatic N) is 1. The van der Waals surface area contributed by atoms with Crippen LogP contribution in [0.3, 0.4) is 0 Å². The number of benzene rings is 1. The van der Waals surface area contributed by atoms with Crippen LogP contribution in [0.1, 0.15) is 43.2 Å². The van der Waals surface area contributed by atoms with E-state index in [1.165, 1.54) is 0 Å². The highest BCUT2D eigenvalue weighted by Gasteiger charge is 2.47. The minimum absolute atomic E-state index is 0.218. The lowest BCUT2D eigenvalue weighted by Gasteiger charge is -2.41. The lowest BCUT2D eigenvalue weighted by molar-refractivity contribution is 0.0127. The van der Waals surface area contributed by atoms with Crippen LogP contribution < -0.4 is 0 Å². The average Bonchev–Trinajstić information content (AvgIpc) is 2.78. The van der Waals surface area contributed by atoms with Crippen LogP contribution in [0.25, 0.3) is 0 Å². The van der Waals surface area contributed by atoms with Gasteiger partial charge in [0.1, 0.15) is 0 Å². The number of piperidine rings is 1. The number of aliphatic hydroxyl groups excluding tert-OH is 1. The van der Waals surface area contributed by atoms with E-state index in [-0.39, 0.29) is 11.5 Å². The van der Waals surface area contributed by atoms with E-state index in [1.807, 2.05) is 19.9 Å². The van der Waals surface area contributed by atoms with Gasteiger partial charge in [0.25, 0.3) is 0 Å². The molecule has 3 rings (SSSR count). The van der Waals surface area contributed by atoms with Crippen LogP contribution in [0.15, 0.2) is 23.1 Å². The molecular weight excluding hydrogens is 298 g/mol. The Morgan fingerprint density at radius 3 is 2.36 bits per heavy atom. The van der Waals surface area contributed by atoms with Crippen LogP contribution in [0.4, 0.5) is 0 Å². The van der Waals surface area contributed by atoms with Crippen LogP contribution in [0.2, 0.25) is 0 Å². The lowest BCUT2D eigenvalue weighted by Crippen LogP contribution is -2.49. The first-order valence-corrected chi connectivity index (χ1v) is 9.54. The predicted octanol–water partition coefficient (Wildman–Crippen LogP) is 2.62. The second kappa shape index (κ2) is 5.62. The van der Waals surface area contributed by atoms with Gasteiger partial charge in [0.15, 0.2) is 0 Å². The summed E-state index contributed by atoms with van der Waals surface area (Å²) in [4.78, 5) is 0.384. The number of aliphatic hydroxyl groups is 1. The third kappa shape index (κ3) is 2.70. The molecule has 1 saturated heterocycles. The fraction of sp³-hybridized carbons (Fsp3) is 0.647. The Morgan fingerprint density at radius 2 is 1.77 bits per heavy atom. The predicted molar refractivity (Wildman–Crippen MR) is 86.2 cm³/mol. The van der Waals surface area contributed by atoms with Gasteiger partial charge in [0, 0.05) is 18.5 Å². The molecule has 0 bridgehead atoms. The van der Waals surface area contributed by atoms with Gasteiger partial charge in [-0.2, -0.15) is 4.31 Å². The molecule has 2 atom stereocenters. The van der Waals surface area contributed by atoms with E-state index < -0.39 is 10.0 Å². The Bertz CT molecular complexity index is 650. The van der Waals surface area contributed by atoms with Crippen LogP contribution in [-0.4, -0.2) is 37.0 Å². The third-order valence-corrected chi connectivity index (χ3v) is 7.09. The van der Waals surface area contributed by atoms with E-state index in [4.69, 9.17) is 0 Å². The van der Waals surface area contributed by atoms with Crippen molar-refractivity contribution in [3.8, 4) is 0 Å². The van der Waals surface area contributed by atoms with Crippen molar-refractivity contribution < 1.29 is 13.5 Å². The van der Waals surface area contributed by atoms with Gasteiger partial charge in [-0.1, -0.05) is 12.5 Å². The van der Waals surface area contributed by atoms with Gasteiger partial charge in [0.05, 0.1) is 11.0 Å². The third-order valence-electron chi connectivity index (χ3n) is 5.27. The van der Waals surface area contributed by atoms with E-state index in [2.05, 4.69) is 0 Å². The monoisotopic (exact) mass is 323 g/mol. The maximum atomic E-state index is 13.0. The zero-order valence-corrected chi connectivity index (χ0v) is 14.2. The Morgan fingerprint density at radius 1 is 1.14 bits per heavy atom. The molecule has 0 aromatic heterocycles. The van der Waals surface area contributed by atoms with Crippen molar-refractivity contribution in [3.05, 3.63) is 29.3 Å². The van der Waals surface area contributed by atoms with Crippen molar-refractivity contribution >= 4 is 10.0 Å². The van der Waals surface area contributed by atoms with Gasteiger partial charge in [-0.05, 0) is 62.8 Å². The molecular formula is C17H25NO3S. The first-order valence-electron chi connectivity index (χ1n) is 8.10. The van der Waals surface area contributed by atoms with Gasteiger partial charge in [-0.15, -0.1) is 0 Å². The summed E-state index contributed by atoms with van der Waals surface area (Å²) < 4.78 is 27.6. The summed E-state index contributed by atoms with van der Waals surface area (Å²) in [5.41, 5.74) is 1.71. The molecule has 0 unspecified atom stereocenters. The van der Waals surface area contributed by atoms with Crippen LogP contribution in [0, 0.1) is 19.3 Å². The highest BCUT2D eigenvalue weighted by atomic mass is 32.2. The second-order valence-electron chi connectivity index (χ2n) is 7.04. The zero-order valence-electron chi connectivity index (χ0n) is 13.4. The van der Waals surface area contributed by atoms with E-state index in [9.17, 15) is 13.5 Å². The standard InChI is InChI=1S/C17H25NO3S/c1-13-9-14(2)11-15(10-13)22(20,21)18-8-4-7-17(12-18)6-3-5-16(17)19/h9-11,16,19H,3-8,12H2,1-2H3/t16-,17-/m1/s1.